The summed E-state index contributed by atoms with van der Waals surface area (Å²) in [4.78, 5) is 0. The van der Waals surface area contributed by atoms with Crippen molar-refractivity contribution >= 4 is 29.1 Å². The lowest BCUT2D eigenvalue weighted by Crippen LogP contribution is -2.06. The van der Waals surface area contributed by atoms with E-state index in [0.717, 1.165) is 30.2 Å². The number of hydrogen-bond donors (Lipinski definition) is 2. The van der Waals surface area contributed by atoms with Crippen LogP contribution in [0, 0.1) is 11.3 Å². The minimum absolute atomic E-state index is 0.243. The van der Waals surface area contributed by atoms with Crippen LogP contribution in [0.25, 0.3) is 0 Å². The van der Waals surface area contributed by atoms with Crippen molar-refractivity contribution in [2.45, 2.75) is 6.42 Å². The number of nitriles is 1. The van der Waals surface area contributed by atoms with Gasteiger partial charge in [-0.25, -0.2) is 0 Å². The summed E-state index contributed by atoms with van der Waals surface area (Å²) < 4.78 is 0. The van der Waals surface area contributed by atoms with E-state index in [9.17, 15) is 0 Å². The summed E-state index contributed by atoms with van der Waals surface area (Å²) >= 11 is 7.65. The molecule has 0 spiro atoms. The standard InChI is InChI=1S/C12H15ClN2OS/c13-11-3-2-10(9-14)12(8-11)15-4-7-17-6-1-5-16/h2-3,8,15-16H,1,4-7H2. The maximum Gasteiger partial charge on any atom is 0.101 e. The average Bonchev–Trinajstić information content (AvgIpc) is 2.34. The zero-order valence-electron chi connectivity index (χ0n) is 9.45. The van der Waals surface area contributed by atoms with Gasteiger partial charge in [-0.1, -0.05) is 11.6 Å². The third-order valence-corrected chi connectivity index (χ3v) is 3.42. The molecule has 0 bridgehead atoms. The molecule has 0 saturated carbocycles. The van der Waals surface area contributed by atoms with Crippen LogP contribution in [-0.2, 0) is 0 Å². The van der Waals surface area contributed by atoms with Gasteiger partial charge in [-0.05, 0) is 30.4 Å². The van der Waals surface area contributed by atoms with Gasteiger partial charge < -0.3 is 10.4 Å². The van der Waals surface area contributed by atoms with E-state index in [1.54, 1.807) is 30.0 Å². The minimum atomic E-state index is 0.243. The Bertz CT molecular complexity index is 393. The van der Waals surface area contributed by atoms with Crippen molar-refractivity contribution in [1.82, 2.24) is 0 Å². The van der Waals surface area contributed by atoms with Gasteiger partial charge in [0.2, 0.25) is 0 Å². The van der Waals surface area contributed by atoms with E-state index < -0.39 is 0 Å². The van der Waals surface area contributed by atoms with Crippen LogP contribution >= 0.6 is 23.4 Å². The zero-order valence-corrected chi connectivity index (χ0v) is 11.0. The zero-order chi connectivity index (χ0) is 12.5. The minimum Gasteiger partial charge on any atom is -0.396 e. The fourth-order valence-electron chi connectivity index (χ4n) is 1.29. The van der Waals surface area contributed by atoms with Crippen LogP contribution < -0.4 is 5.32 Å². The Labute approximate surface area is 111 Å². The molecule has 1 aromatic rings. The van der Waals surface area contributed by atoms with Gasteiger partial charge in [0.15, 0.2) is 0 Å². The predicted octanol–water partition coefficient (Wildman–Crippen LogP) is 2.74. The van der Waals surface area contributed by atoms with Crippen molar-refractivity contribution < 1.29 is 5.11 Å². The van der Waals surface area contributed by atoms with Gasteiger partial charge in [0.1, 0.15) is 6.07 Å². The first kappa shape index (κ1) is 14.2. The van der Waals surface area contributed by atoms with E-state index in [1.165, 1.54) is 0 Å². The number of hydrogen-bond acceptors (Lipinski definition) is 4. The van der Waals surface area contributed by atoms with Crippen LogP contribution in [0.15, 0.2) is 18.2 Å². The Balaban J connectivity index is 2.36. The van der Waals surface area contributed by atoms with Crippen molar-refractivity contribution in [3.8, 4) is 6.07 Å². The number of rotatable bonds is 7. The lowest BCUT2D eigenvalue weighted by Gasteiger charge is -2.08. The van der Waals surface area contributed by atoms with Gasteiger partial charge in [-0.15, -0.1) is 0 Å². The third-order valence-electron chi connectivity index (χ3n) is 2.11. The molecule has 0 amide bonds. The molecular formula is C12H15ClN2OS. The van der Waals surface area contributed by atoms with E-state index in [0.29, 0.717) is 10.6 Å². The molecule has 3 nitrogen and oxygen atoms in total. The highest BCUT2D eigenvalue weighted by Crippen LogP contribution is 2.20. The van der Waals surface area contributed by atoms with Gasteiger partial charge in [-0.2, -0.15) is 17.0 Å². The second kappa shape index (κ2) is 8.24. The quantitative estimate of drug-likeness (QED) is 0.748. The van der Waals surface area contributed by atoms with Crippen LogP contribution in [0.1, 0.15) is 12.0 Å². The smallest absolute Gasteiger partial charge is 0.101 e. The van der Waals surface area contributed by atoms with Gasteiger partial charge >= 0.3 is 0 Å². The second-order valence-electron chi connectivity index (χ2n) is 3.42. The topological polar surface area (TPSA) is 56.0 Å². The number of halogens is 1. The fraction of sp³-hybridized carbons (Fsp3) is 0.417. The van der Waals surface area contributed by atoms with Gasteiger partial charge in [0.05, 0.1) is 11.3 Å². The SMILES string of the molecule is N#Cc1ccc(Cl)cc1NCCSCCCO. The number of benzene rings is 1. The summed E-state index contributed by atoms with van der Waals surface area (Å²) in [5, 5.41) is 21.4. The number of thioether (sulfide) groups is 1. The number of aliphatic hydroxyl groups excluding tert-OH is 1. The molecule has 0 heterocycles. The molecule has 0 saturated heterocycles. The monoisotopic (exact) mass is 270 g/mol. The second-order valence-corrected chi connectivity index (χ2v) is 5.08. The molecule has 0 unspecified atom stereocenters. The molecular weight excluding hydrogens is 256 g/mol. The average molecular weight is 271 g/mol. The fourth-order valence-corrected chi connectivity index (χ4v) is 2.24. The molecule has 0 aromatic heterocycles. The highest BCUT2D eigenvalue weighted by atomic mass is 35.5. The van der Waals surface area contributed by atoms with Crippen molar-refractivity contribution in [1.29, 1.82) is 5.26 Å². The number of aliphatic hydroxyl groups is 1. The molecule has 0 radical (unpaired) electrons. The Hall–Kier alpha value is -0.890. The van der Waals surface area contributed by atoms with Crippen molar-refractivity contribution in [3.63, 3.8) is 0 Å². The third kappa shape index (κ3) is 5.31. The van der Waals surface area contributed by atoms with Crippen LogP contribution in [0.5, 0.6) is 0 Å². The Morgan fingerprint density at radius 1 is 1.41 bits per heavy atom. The van der Waals surface area contributed by atoms with Crippen molar-refractivity contribution in [3.05, 3.63) is 28.8 Å². The molecule has 1 aromatic carbocycles. The van der Waals surface area contributed by atoms with Crippen molar-refractivity contribution in [2.75, 3.05) is 30.0 Å². The first-order valence-corrected chi connectivity index (χ1v) is 6.93. The molecule has 0 atom stereocenters. The van der Waals surface area contributed by atoms with Crippen LogP contribution in [0.2, 0.25) is 5.02 Å². The molecule has 92 valence electrons. The van der Waals surface area contributed by atoms with E-state index in [2.05, 4.69) is 11.4 Å². The normalized spacial score (nSPS) is 9.94. The van der Waals surface area contributed by atoms with E-state index in [4.69, 9.17) is 22.0 Å². The molecule has 0 aliphatic rings. The van der Waals surface area contributed by atoms with Crippen molar-refractivity contribution in [2.24, 2.45) is 0 Å². The number of nitrogens with zero attached hydrogens (tertiary/aromatic N) is 1. The molecule has 5 heteroatoms. The summed E-state index contributed by atoms with van der Waals surface area (Å²) in [6.45, 7) is 1.03. The van der Waals surface area contributed by atoms with E-state index in [-0.39, 0.29) is 6.61 Å². The summed E-state index contributed by atoms with van der Waals surface area (Å²) in [6.07, 6.45) is 0.825. The Morgan fingerprint density at radius 2 is 2.24 bits per heavy atom. The van der Waals surface area contributed by atoms with Crippen LogP contribution in [-0.4, -0.2) is 29.8 Å². The molecule has 17 heavy (non-hydrogen) atoms. The largest absolute Gasteiger partial charge is 0.396 e. The van der Waals surface area contributed by atoms with Gasteiger partial charge in [0, 0.05) is 23.9 Å². The molecule has 0 fully saturated rings. The Morgan fingerprint density at radius 3 is 2.94 bits per heavy atom. The van der Waals surface area contributed by atoms with E-state index in [1.807, 2.05) is 0 Å². The lowest BCUT2D eigenvalue weighted by molar-refractivity contribution is 0.296. The molecule has 0 aliphatic heterocycles. The van der Waals surface area contributed by atoms with E-state index >= 15 is 0 Å². The maximum absolute atomic E-state index is 8.92. The summed E-state index contributed by atoms with van der Waals surface area (Å²) in [5.74, 6) is 1.90. The lowest BCUT2D eigenvalue weighted by atomic mass is 10.2. The number of nitrogens with one attached hydrogen (secondary N) is 1. The van der Waals surface area contributed by atoms with Crippen LogP contribution in [0.4, 0.5) is 5.69 Å². The highest BCUT2D eigenvalue weighted by molar-refractivity contribution is 7.99. The Kier molecular flexibility index (Phi) is 6.87. The highest BCUT2D eigenvalue weighted by Gasteiger charge is 2.01. The first-order valence-electron chi connectivity index (χ1n) is 5.40. The predicted molar refractivity (Wildman–Crippen MR) is 73.7 cm³/mol. The molecule has 2 N–H and O–H groups in total. The number of anilines is 1. The molecule has 1 rings (SSSR count). The summed E-state index contributed by atoms with van der Waals surface area (Å²) in [6, 6.07) is 7.31. The van der Waals surface area contributed by atoms with Gasteiger partial charge in [-0.3, -0.25) is 0 Å². The maximum atomic E-state index is 8.92. The first-order chi connectivity index (χ1) is 8.27. The van der Waals surface area contributed by atoms with Crippen LogP contribution in [0.3, 0.4) is 0 Å². The summed E-state index contributed by atoms with van der Waals surface area (Å²) in [5.41, 5.74) is 1.39. The van der Waals surface area contributed by atoms with Gasteiger partial charge in [0.25, 0.3) is 0 Å². The molecule has 0 aliphatic carbocycles. The summed E-state index contributed by atoms with van der Waals surface area (Å²) in [7, 11) is 0.